The summed E-state index contributed by atoms with van der Waals surface area (Å²) in [5.74, 6) is 7.22. The normalized spacial score (nSPS) is 15.8. The van der Waals surface area contributed by atoms with Gasteiger partial charge in [-0.2, -0.15) is 13.2 Å². The van der Waals surface area contributed by atoms with E-state index in [0.717, 1.165) is 57.2 Å². The maximum Gasteiger partial charge on any atom is 0.416 e. The predicted octanol–water partition coefficient (Wildman–Crippen LogP) is 6.71. The number of nitrogens with one attached hydrogen (secondary N) is 2. The van der Waals surface area contributed by atoms with Crippen LogP contribution in [0.4, 0.5) is 24.7 Å². The van der Waals surface area contributed by atoms with Gasteiger partial charge in [0.05, 0.1) is 26.7 Å². The lowest BCUT2D eigenvalue weighted by atomic mass is 10.2. The van der Waals surface area contributed by atoms with Gasteiger partial charge in [0.15, 0.2) is 5.82 Å². The Balaban J connectivity index is 1.30. The Morgan fingerprint density at radius 1 is 1.06 bits per heavy atom. The minimum absolute atomic E-state index is 0.251. The molecule has 0 saturated carbocycles. The molecular formula is C25H19F3N4S2. The van der Waals surface area contributed by atoms with Crippen LogP contribution in [0.2, 0.25) is 0 Å². The number of thiophene rings is 1. The number of rotatable bonds is 4. The van der Waals surface area contributed by atoms with Crippen LogP contribution in [-0.2, 0) is 6.18 Å². The van der Waals surface area contributed by atoms with Crippen molar-refractivity contribution in [1.29, 1.82) is 0 Å². The summed E-state index contributed by atoms with van der Waals surface area (Å²) in [5.41, 5.74) is 1.01. The minimum Gasteiger partial charge on any atom is -0.339 e. The summed E-state index contributed by atoms with van der Waals surface area (Å²) in [7, 11) is 0. The van der Waals surface area contributed by atoms with Gasteiger partial charge in [-0.25, -0.2) is 9.97 Å². The monoisotopic (exact) mass is 496 g/mol. The van der Waals surface area contributed by atoms with Crippen molar-refractivity contribution in [2.24, 2.45) is 0 Å². The molecule has 0 bridgehead atoms. The van der Waals surface area contributed by atoms with Gasteiger partial charge in [0.1, 0.15) is 6.33 Å². The Morgan fingerprint density at radius 3 is 2.68 bits per heavy atom. The van der Waals surface area contributed by atoms with Crippen molar-refractivity contribution < 1.29 is 13.2 Å². The molecule has 1 saturated heterocycles. The third-order valence-corrected chi connectivity index (χ3v) is 7.30. The molecule has 1 unspecified atom stereocenters. The number of fused-ring (bicyclic) bond motifs is 1. The zero-order valence-electron chi connectivity index (χ0n) is 17.8. The Kier molecular flexibility index (Phi) is 6.46. The third-order valence-electron chi connectivity index (χ3n) is 5.26. The van der Waals surface area contributed by atoms with Gasteiger partial charge in [-0.05, 0) is 67.9 Å². The molecule has 0 aliphatic carbocycles. The van der Waals surface area contributed by atoms with Crippen LogP contribution in [-0.4, -0.2) is 22.6 Å². The van der Waals surface area contributed by atoms with E-state index < -0.39 is 11.7 Å². The second kappa shape index (κ2) is 9.66. The summed E-state index contributed by atoms with van der Waals surface area (Å²) >= 11 is 2.83. The summed E-state index contributed by atoms with van der Waals surface area (Å²) in [5, 5.41) is 6.69. The van der Waals surface area contributed by atoms with Crippen molar-refractivity contribution in [3.63, 3.8) is 0 Å². The Morgan fingerprint density at radius 2 is 1.91 bits per heavy atom. The van der Waals surface area contributed by atoms with E-state index in [1.54, 1.807) is 17.4 Å². The standard InChI is InChI=1S/C25H19F3N4S2/c26-25(27,28)16-3-1-5-20(13-16)33-19-9-7-18(8-10-19)32-24-23-22(30-15-31-24)14-21(34-23)11-6-17-4-2-12-29-17/h1,3,5,7-10,13-15,17,29H,2,4,12H2,(H,30,31,32). The zero-order valence-corrected chi connectivity index (χ0v) is 19.4. The Hall–Kier alpha value is -3.06. The SMILES string of the molecule is FC(F)(F)c1cccc(Sc2ccc(Nc3ncnc4cc(C#CC5CCCN5)sc34)cc2)c1. The molecule has 2 aromatic carbocycles. The molecule has 4 nitrogen and oxygen atoms in total. The number of benzene rings is 2. The molecule has 0 spiro atoms. The fourth-order valence-corrected chi connectivity index (χ4v) is 5.38. The lowest BCUT2D eigenvalue weighted by molar-refractivity contribution is -0.137. The Bertz CT molecular complexity index is 1360. The van der Waals surface area contributed by atoms with Crippen LogP contribution in [0.3, 0.4) is 0 Å². The maximum absolute atomic E-state index is 13.0. The van der Waals surface area contributed by atoms with Crippen LogP contribution in [0.1, 0.15) is 23.3 Å². The molecule has 34 heavy (non-hydrogen) atoms. The predicted molar refractivity (Wildman–Crippen MR) is 131 cm³/mol. The first-order valence-corrected chi connectivity index (χ1v) is 12.3. The molecule has 1 atom stereocenters. The molecule has 3 heterocycles. The molecule has 0 radical (unpaired) electrons. The maximum atomic E-state index is 13.0. The molecule has 2 aromatic heterocycles. The number of hydrogen-bond acceptors (Lipinski definition) is 6. The number of aromatic nitrogens is 2. The molecule has 4 aromatic rings. The van der Waals surface area contributed by atoms with Gasteiger partial charge in [0.25, 0.3) is 0 Å². The first-order chi connectivity index (χ1) is 16.4. The van der Waals surface area contributed by atoms with Gasteiger partial charge in [0, 0.05) is 15.5 Å². The van der Waals surface area contributed by atoms with Crippen LogP contribution in [0, 0.1) is 11.8 Å². The van der Waals surface area contributed by atoms with E-state index in [9.17, 15) is 13.2 Å². The number of halogens is 3. The molecule has 2 N–H and O–H groups in total. The molecule has 1 aliphatic heterocycles. The fraction of sp³-hybridized carbons (Fsp3) is 0.200. The summed E-state index contributed by atoms with van der Waals surface area (Å²) in [4.78, 5) is 11.1. The van der Waals surface area contributed by atoms with Gasteiger partial charge in [-0.3, -0.25) is 0 Å². The second-order valence-corrected chi connectivity index (χ2v) is 9.94. The first kappa shape index (κ1) is 22.7. The summed E-state index contributed by atoms with van der Waals surface area (Å²) in [6, 6.07) is 15.0. The highest BCUT2D eigenvalue weighted by molar-refractivity contribution is 7.99. The van der Waals surface area contributed by atoms with Crippen molar-refractivity contribution in [3.05, 3.63) is 71.4 Å². The quantitative estimate of drug-likeness (QED) is 0.308. The molecular weight excluding hydrogens is 477 g/mol. The minimum atomic E-state index is -4.35. The zero-order chi connectivity index (χ0) is 23.5. The van der Waals surface area contributed by atoms with Crippen molar-refractivity contribution >= 4 is 44.8 Å². The number of alkyl halides is 3. The lowest BCUT2D eigenvalue weighted by Crippen LogP contribution is -2.18. The van der Waals surface area contributed by atoms with Crippen LogP contribution >= 0.6 is 23.1 Å². The highest BCUT2D eigenvalue weighted by Gasteiger charge is 2.30. The van der Waals surface area contributed by atoms with E-state index in [1.165, 1.54) is 24.2 Å². The Labute approximate surface area is 203 Å². The molecule has 5 rings (SSSR count). The summed E-state index contributed by atoms with van der Waals surface area (Å²) in [6.45, 7) is 1.02. The third kappa shape index (κ3) is 5.36. The lowest BCUT2D eigenvalue weighted by Gasteiger charge is -2.09. The average Bonchev–Trinajstić information content (AvgIpc) is 3.49. The van der Waals surface area contributed by atoms with Gasteiger partial charge in [-0.1, -0.05) is 29.7 Å². The molecule has 1 fully saturated rings. The summed E-state index contributed by atoms with van der Waals surface area (Å²) in [6.07, 6.45) is -0.603. The largest absolute Gasteiger partial charge is 0.416 e. The molecule has 0 amide bonds. The van der Waals surface area contributed by atoms with E-state index in [4.69, 9.17) is 0 Å². The number of nitrogens with zero attached hydrogens (tertiary/aromatic N) is 2. The van der Waals surface area contributed by atoms with Gasteiger partial charge in [0.2, 0.25) is 0 Å². The number of anilines is 2. The fourth-order valence-electron chi connectivity index (χ4n) is 3.59. The van der Waals surface area contributed by atoms with Gasteiger partial charge in [-0.15, -0.1) is 11.3 Å². The van der Waals surface area contributed by atoms with Crippen LogP contribution in [0.25, 0.3) is 10.2 Å². The molecule has 172 valence electrons. The van der Waals surface area contributed by atoms with Crippen molar-refractivity contribution in [2.45, 2.75) is 34.9 Å². The average molecular weight is 497 g/mol. The van der Waals surface area contributed by atoms with Crippen LogP contribution < -0.4 is 10.6 Å². The number of hydrogen-bond donors (Lipinski definition) is 2. The highest BCUT2D eigenvalue weighted by Crippen LogP contribution is 2.35. The second-order valence-electron chi connectivity index (χ2n) is 7.74. The van der Waals surface area contributed by atoms with E-state index in [2.05, 4.69) is 32.4 Å². The van der Waals surface area contributed by atoms with Crippen LogP contribution in [0.15, 0.2) is 70.7 Å². The molecule has 1 aliphatic rings. The summed E-state index contributed by atoms with van der Waals surface area (Å²) < 4.78 is 39.8. The van der Waals surface area contributed by atoms with E-state index in [1.807, 2.05) is 30.3 Å². The van der Waals surface area contributed by atoms with Crippen molar-refractivity contribution in [1.82, 2.24) is 15.3 Å². The topological polar surface area (TPSA) is 49.8 Å². The van der Waals surface area contributed by atoms with Gasteiger partial charge >= 0.3 is 6.18 Å². The van der Waals surface area contributed by atoms with Gasteiger partial charge < -0.3 is 10.6 Å². The van der Waals surface area contributed by atoms with E-state index in [-0.39, 0.29) is 6.04 Å². The van der Waals surface area contributed by atoms with E-state index in [0.29, 0.717) is 10.7 Å². The van der Waals surface area contributed by atoms with Crippen LogP contribution in [0.5, 0.6) is 0 Å². The first-order valence-electron chi connectivity index (χ1n) is 10.7. The smallest absolute Gasteiger partial charge is 0.339 e. The van der Waals surface area contributed by atoms with E-state index >= 15 is 0 Å². The van der Waals surface area contributed by atoms with Crippen molar-refractivity contribution in [3.8, 4) is 11.8 Å². The van der Waals surface area contributed by atoms with Crippen molar-refractivity contribution in [2.75, 3.05) is 11.9 Å². The highest BCUT2D eigenvalue weighted by atomic mass is 32.2. The molecule has 9 heteroatoms.